The first-order valence-electron chi connectivity index (χ1n) is 9.81. The number of hydrogen-bond donors (Lipinski definition) is 1. The maximum atomic E-state index is 5.87. The highest BCUT2D eigenvalue weighted by atomic mass is 16.4. The van der Waals surface area contributed by atoms with Gasteiger partial charge in [0.1, 0.15) is 12.3 Å². The summed E-state index contributed by atoms with van der Waals surface area (Å²) >= 11 is 0. The summed E-state index contributed by atoms with van der Waals surface area (Å²) in [6, 6.07) is 0. The van der Waals surface area contributed by atoms with E-state index >= 15 is 0 Å². The van der Waals surface area contributed by atoms with Gasteiger partial charge in [-0.25, -0.2) is 9.98 Å². The maximum absolute atomic E-state index is 5.87. The number of nitrogens with one attached hydrogen (secondary N) is 1. The first kappa shape index (κ1) is 19.5. The molecule has 7 nitrogen and oxygen atoms in total. The molecule has 1 atom stereocenters. The first-order chi connectivity index (χ1) is 12.8. The molecule has 2 aromatic rings. The maximum Gasteiger partial charge on any atom is 0.216 e. The number of oxazole rings is 1. The van der Waals surface area contributed by atoms with Crippen LogP contribution >= 0.6 is 0 Å². The second-order valence-corrected chi connectivity index (χ2v) is 8.37. The van der Waals surface area contributed by atoms with Crippen molar-refractivity contribution in [2.45, 2.75) is 52.5 Å². The third-order valence-corrected chi connectivity index (χ3v) is 4.86. The zero-order valence-corrected chi connectivity index (χ0v) is 17.2. The van der Waals surface area contributed by atoms with Gasteiger partial charge < -0.3 is 14.6 Å². The van der Waals surface area contributed by atoms with Crippen LogP contribution in [0.3, 0.4) is 0 Å². The van der Waals surface area contributed by atoms with Crippen LogP contribution in [0.5, 0.6) is 0 Å². The van der Waals surface area contributed by atoms with Gasteiger partial charge >= 0.3 is 0 Å². The minimum absolute atomic E-state index is 0.0338. The predicted octanol–water partition coefficient (Wildman–Crippen LogP) is 2.74. The first-order valence-corrected chi connectivity index (χ1v) is 9.81. The number of aryl methyl sites for hydroxylation is 1. The van der Waals surface area contributed by atoms with E-state index in [1.54, 1.807) is 0 Å². The third-order valence-electron chi connectivity index (χ3n) is 4.86. The summed E-state index contributed by atoms with van der Waals surface area (Å²) in [5, 5.41) is 7.68. The third kappa shape index (κ3) is 5.11. The Morgan fingerprint density at radius 3 is 2.81 bits per heavy atom. The molecule has 2 aromatic heterocycles. The molecule has 0 spiro atoms. The molecule has 7 heteroatoms. The average molecular weight is 373 g/mol. The van der Waals surface area contributed by atoms with Gasteiger partial charge in [0, 0.05) is 38.3 Å². The molecule has 0 aromatic carbocycles. The molecule has 1 unspecified atom stereocenters. The largest absolute Gasteiger partial charge is 0.443 e. The lowest BCUT2D eigenvalue weighted by Gasteiger charge is -2.21. The van der Waals surface area contributed by atoms with E-state index < -0.39 is 0 Å². The van der Waals surface area contributed by atoms with Crippen molar-refractivity contribution in [2.75, 3.05) is 19.6 Å². The van der Waals surface area contributed by atoms with Gasteiger partial charge in [0.15, 0.2) is 5.96 Å². The van der Waals surface area contributed by atoms with Gasteiger partial charge in [-0.3, -0.25) is 4.68 Å². The van der Waals surface area contributed by atoms with E-state index in [1.165, 1.54) is 12.0 Å². The van der Waals surface area contributed by atoms with Crippen molar-refractivity contribution in [2.24, 2.45) is 18.0 Å². The predicted molar refractivity (Wildman–Crippen MR) is 107 cm³/mol. The molecule has 148 valence electrons. The van der Waals surface area contributed by atoms with E-state index in [4.69, 9.17) is 9.41 Å². The fourth-order valence-corrected chi connectivity index (χ4v) is 3.40. The van der Waals surface area contributed by atoms with Gasteiger partial charge in [0.05, 0.1) is 12.4 Å². The van der Waals surface area contributed by atoms with Gasteiger partial charge in [0.2, 0.25) is 5.89 Å². The molecule has 0 bridgehead atoms. The zero-order chi connectivity index (χ0) is 19.4. The van der Waals surface area contributed by atoms with Crippen LogP contribution in [0.4, 0.5) is 0 Å². The summed E-state index contributed by atoms with van der Waals surface area (Å²) in [4.78, 5) is 11.5. The second-order valence-electron chi connectivity index (χ2n) is 8.37. The van der Waals surface area contributed by atoms with Gasteiger partial charge in [-0.1, -0.05) is 20.8 Å². The Morgan fingerprint density at radius 1 is 1.37 bits per heavy atom. The van der Waals surface area contributed by atoms with Crippen molar-refractivity contribution in [1.82, 2.24) is 25.0 Å². The molecule has 0 aliphatic carbocycles. The highest BCUT2D eigenvalue weighted by Crippen LogP contribution is 2.23. The van der Waals surface area contributed by atoms with Crippen LogP contribution in [0.25, 0.3) is 0 Å². The summed E-state index contributed by atoms with van der Waals surface area (Å²) in [5.41, 5.74) is 1.27. The van der Waals surface area contributed by atoms with Crippen LogP contribution in [-0.2, 0) is 25.4 Å². The SMILES string of the molecule is CCNC(=NCc1ncc(C(C)(C)C)o1)N1CCC(Cc2cnn(C)c2)C1. The lowest BCUT2D eigenvalue weighted by Crippen LogP contribution is -2.40. The van der Waals surface area contributed by atoms with Gasteiger partial charge in [-0.2, -0.15) is 5.10 Å². The number of nitrogens with zero attached hydrogens (tertiary/aromatic N) is 5. The molecule has 3 rings (SSSR count). The number of rotatable bonds is 5. The van der Waals surface area contributed by atoms with E-state index in [-0.39, 0.29) is 5.41 Å². The summed E-state index contributed by atoms with van der Waals surface area (Å²) < 4.78 is 7.74. The van der Waals surface area contributed by atoms with Crippen LogP contribution in [0.2, 0.25) is 0 Å². The van der Waals surface area contributed by atoms with Crippen molar-refractivity contribution in [3.63, 3.8) is 0 Å². The van der Waals surface area contributed by atoms with E-state index in [0.29, 0.717) is 18.4 Å². The molecule has 1 aliphatic rings. The van der Waals surface area contributed by atoms with Crippen LogP contribution in [0.1, 0.15) is 51.3 Å². The molecular formula is C20H32N6O. The molecule has 1 aliphatic heterocycles. The second kappa shape index (κ2) is 8.15. The lowest BCUT2D eigenvalue weighted by molar-refractivity contribution is 0.382. The van der Waals surface area contributed by atoms with E-state index in [1.807, 2.05) is 24.1 Å². The number of aliphatic imine (C=N–C) groups is 1. The number of aromatic nitrogens is 3. The Kier molecular flexibility index (Phi) is 5.87. The Bertz CT molecular complexity index is 770. The van der Waals surface area contributed by atoms with E-state index in [0.717, 1.165) is 37.8 Å². The van der Waals surface area contributed by atoms with Gasteiger partial charge in [-0.05, 0) is 31.2 Å². The fraction of sp³-hybridized carbons (Fsp3) is 0.650. The van der Waals surface area contributed by atoms with Crippen LogP contribution in [-0.4, -0.2) is 45.3 Å². The number of likely N-dealkylation sites (tertiary alicyclic amines) is 1. The normalized spacial score (nSPS) is 18.3. The van der Waals surface area contributed by atoms with Crippen molar-refractivity contribution >= 4 is 5.96 Å². The summed E-state index contributed by atoms with van der Waals surface area (Å²) in [7, 11) is 1.97. The van der Waals surface area contributed by atoms with Crippen molar-refractivity contribution in [1.29, 1.82) is 0 Å². The molecule has 3 heterocycles. The molecule has 1 N–H and O–H groups in total. The molecule has 27 heavy (non-hydrogen) atoms. The van der Waals surface area contributed by atoms with Gasteiger partial charge in [0.25, 0.3) is 0 Å². The van der Waals surface area contributed by atoms with E-state index in [9.17, 15) is 0 Å². The quantitative estimate of drug-likeness (QED) is 0.645. The highest BCUT2D eigenvalue weighted by Gasteiger charge is 2.25. The Balaban J connectivity index is 1.61. The summed E-state index contributed by atoms with van der Waals surface area (Å²) in [6.45, 7) is 11.8. The molecule has 1 saturated heterocycles. The van der Waals surface area contributed by atoms with Crippen LogP contribution in [0, 0.1) is 5.92 Å². The van der Waals surface area contributed by atoms with Gasteiger partial charge in [-0.15, -0.1) is 0 Å². The topological polar surface area (TPSA) is 71.5 Å². The highest BCUT2D eigenvalue weighted by molar-refractivity contribution is 5.80. The standard InChI is InChI=1S/C20H32N6O/c1-6-21-19(23-12-18-22-11-17(27-18)20(2,3)4)26-8-7-15(14-26)9-16-10-24-25(5)13-16/h10-11,13,15H,6-9,12,14H2,1-5H3,(H,21,23). The molecular weight excluding hydrogens is 340 g/mol. The van der Waals surface area contributed by atoms with Crippen LogP contribution in [0.15, 0.2) is 28.0 Å². The minimum Gasteiger partial charge on any atom is -0.443 e. The average Bonchev–Trinajstić information content (AvgIpc) is 3.32. The molecule has 1 fully saturated rings. The van der Waals surface area contributed by atoms with Crippen molar-refractivity contribution < 1.29 is 4.42 Å². The number of hydrogen-bond acceptors (Lipinski definition) is 4. The minimum atomic E-state index is -0.0338. The van der Waals surface area contributed by atoms with Crippen molar-refractivity contribution in [3.8, 4) is 0 Å². The summed E-state index contributed by atoms with van der Waals surface area (Å²) in [6.07, 6.45) is 8.14. The number of guanidine groups is 1. The molecule has 0 amide bonds. The monoisotopic (exact) mass is 372 g/mol. The van der Waals surface area contributed by atoms with Crippen LogP contribution < -0.4 is 5.32 Å². The lowest BCUT2D eigenvalue weighted by atomic mass is 9.94. The molecule has 0 saturated carbocycles. The van der Waals surface area contributed by atoms with Crippen molar-refractivity contribution in [3.05, 3.63) is 35.8 Å². The fourth-order valence-electron chi connectivity index (χ4n) is 3.40. The Morgan fingerprint density at radius 2 is 2.19 bits per heavy atom. The smallest absolute Gasteiger partial charge is 0.216 e. The zero-order valence-electron chi connectivity index (χ0n) is 17.2. The summed E-state index contributed by atoms with van der Waals surface area (Å²) in [5.74, 6) is 3.14. The Labute approximate surface area is 161 Å². The van der Waals surface area contributed by atoms with E-state index in [2.05, 4.69) is 54.2 Å². The molecule has 0 radical (unpaired) electrons. The Hall–Kier alpha value is -2.31.